The molecule has 3 N–H and O–H groups in total. The van der Waals surface area contributed by atoms with Crippen LogP contribution in [0.5, 0.6) is 0 Å². The fourth-order valence-electron chi connectivity index (χ4n) is 14.2. The molecule has 0 saturated carbocycles. The smallest absolute Gasteiger partial charge is 0.462 e. The van der Waals surface area contributed by atoms with Gasteiger partial charge in [0.2, 0.25) is 0 Å². The molecule has 0 radical (unpaired) electrons. The van der Waals surface area contributed by atoms with Gasteiger partial charge in [0.05, 0.1) is 13.2 Å². The van der Waals surface area contributed by atoms with Crippen molar-refractivity contribution in [1.29, 1.82) is 0 Å². The standard InChI is InChI=1S/C89H174NO8P/c1-3-5-7-9-11-13-15-17-19-21-23-25-27-29-31-33-35-37-39-41-42-43-44-46-48-50-52-54-56-58-60-62-64-66-68-70-72-74-76-78-80-82-89(92)98-87(86-97-99(93,94)96-84-83-90)85-95-88(91)81-79-77-75-73-71-69-67-65-63-61-59-57-55-53-51-49-47-45-40-38-36-34-32-30-28-26-24-22-20-18-16-14-12-10-8-6-4-2/h21-24,87H,3-20,25-86,90H2,1-2H3,(H,93,94)/b23-21-,24-22-. The summed E-state index contributed by atoms with van der Waals surface area (Å²) in [6.45, 7) is 3.85. The van der Waals surface area contributed by atoms with Gasteiger partial charge in [0.15, 0.2) is 6.10 Å². The van der Waals surface area contributed by atoms with E-state index in [-0.39, 0.29) is 38.6 Å². The van der Waals surface area contributed by atoms with Gasteiger partial charge in [0, 0.05) is 19.4 Å². The van der Waals surface area contributed by atoms with Crippen molar-refractivity contribution < 1.29 is 37.6 Å². The third-order valence-electron chi connectivity index (χ3n) is 20.8. The summed E-state index contributed by atoms with van der Waals surface area (Å²) in [4.78, 5) is 35.5. The minimum Gasteiger partial charge on any atom is -0.462 e. The summed E-state index contributed by atoms with van der Waals surface area (Å²) >= 11 is 0. The van der Waals surface area contributed by atoms with Crippen LogP contribution in [0.4, 0.5) is 0 Å². The van der Waals surface area contributed by atoms with Gasteiger partial charge in [-0.05, 0) is 64.2 Å². The number of hydrogen-bond donors (Lipinski definition) is 2. The Labute approximate surface area is 618 Å². The highest BCUT2D eigenvalue weighted by molar-refractivity contribution is 7.47. The maximum absolute atomic E-state index is 12.8. The second-order valence-corrected chi connectivity index (χ2v) is 32.3. The molecular formula is C89H174NO8P. The number of carbonyl (C=O) groups is 2. The maximum atomic E-state index is 12.8. The third kappa shape index (κ3) is 85.3. The Kier molecular flexibility index (Phi) is 84.1. The lowest BCUT2D eigenvalue weighted by Crippen LogP contribution is -2.29. The van der Waals surface area contributed by atoms with Gasteiger partial charge in [-0.15, -0.1) is 0 Å². The number of nitrogens with two attached hydrogens (primary N) is 1. The van der Waals surface area contributed by atoms with E-state index in [0.29, 0.717) is 6.42 Å². The van der Waals surface area contributed by atoms with Gasteiger partial charge in [-0.1, -0.05) is 449 Å². The van der Waals surface area contributed by atoms with E-state index in [4.69, 9.17) is 24.3 Å². The molecule has 0 aromatic heterocycles. The van der Waals surface area contributed by atoms with Crippen molar-refractivity contribution >= 4 is 19.8 Å². The minimum atomic E-state index is -4.39. The molecule has 0 rings (SSSR count). The van der Waals surface area contributed by atoms with Crippen molar-refractivity contribution in [2.45, 2.75) is 508 Å². The Hall–Kier alpha value is -1.51. The number of allylic oxidation sites excluding steroid dienone is 4. The number of phosphoric acid groups is 1. The van der Waals surface area contributed by atoms with Crippen LogP contribution >= 0.6 is 7.82 Å². The quantitative estimate of drug-likeness (QED) is 0.0264. The normalized spacial score (nSPS) is 12.8. The van der Waals surface area contributed by atoms with Gasteiger partial charge in [-0.2, -0.15) is 0 Å². The molecule has 0 aromatic carbocycles. The monoisotopic (exact) mass is 1420 g/mol. The molecule has 2 atom stereocenters. The molecule has 9 nitrogen and oxygen atoms in total. The van der Waals surface area contributed by atoms with Gasteiger partial charge < -0.3 is 20.1 Å². The van der Waals surface area contributed by atoms with Gasteiger partial charge in [0.25, 0.3) is 0 Å². The molecule has 0 aromatic rings. The molecule has 0 fully saturated rings. The Bertz CT molecular complexity index is 1670. The molecule has 0 aliphatic heterocycles. The van der Waals surface area contributed by atoms with Crippen LogP contribution in [0.25, 0.3) is 0 Å². The van der Waals surface area contributed by atoms with Crippen LogP contribution < -0.4 is 5.73 Å². The number of unbranched alkanes of at least 4 members (excludes halogenated alkanes) is 70. The van der Waals surface area contributed by atoms with Gasteiger partial charge in [-0.25, -0.2) is 4.57 Å². The second-order valence-electron chi connectivity index (χ2n) is 30.8. The Morgan fingerprint density at radius 2 is 0.495 bits per heavy atom. The molecule has 0 heterocycles. The predicted octanol–water partition coefficient (Wildman–Crippen LogP) is 30.3. The van der Waals surface area contributed by atoms with E-state index in [1.54, 1.807) is 0 Å². The van der Waals surface area contributed by atoms with Crippen LogP contribution in [-0.2, 0) is 32.7 Å². The van der Waals surface area contributed by atoms with Crippen molar-refractivity contribution in [3.63, 3.8) is 0 Å². The number of ether oxygens (including phenoxy) is 2. The summed E-state index contributed by atoms with van der Waals surface area (Å²) in [5, 5.41) is 0. The minimum absolute atomic E-state index is 0.0578. The van der Waals surface area contributed by atoms with Gasteiger partial charge >= 0.3 is 19.8 Å². The van der Waals surface area contributed by atoms with Gasteiger partial charge in [0.1, 0.15) is 6.61 Å². The molecule has 0 aliphatic carbocycles. The molecule has 2 unspecified atom stereocenters. The zero-order chi connectivity index (χ0) is 71.5. The van der Waals surface area contributed by atoms with E-state index >= 15 is 0 Å². The first kappa shape index (κ1) is 97.5. The summed E-state index contributed by atoms with van der Waals surface area (Å²) in [5.74, 6) is -0.795. The van der Waals surface area contributed by atoms with E-state index in [9.17, 15) is 19.0 Å². The number of rotatable bonds is 87. The predicted molar refractivity (Wildman–Crippen MR) is 432 cm³/mol. The number of hydrogen-bond acceptors (Lipinski definition) is 8. The summed E-state index contributed by atoms with van der Waals surface area (Å²) < 4.78 is 33.3. The maximum Gasteiger partial charge on any atom is 0.472 e. The largest absolute Gasteiger partial charge is 0.472 e. The highest BCUT2D eigenvalue weighted by atomic mass is 31.2. The number of phosphoric ester groups is 1. The molecule has 0 bridgehead atoms. The SMILES string of the molecule is CCCCCCCCCC/C=C\CCCCCCCCCCCCCCCCCCCCCCCCCCCCCCCC(=O)OC(COC(=O)CCCCCCCCCCCCCCCCCCCCCCCCCCC/C=C\CCCCCCCCCC)COP(=O)(O)OCCN. The van der Waals surface area contributed by atoms with E-state index in [0.717, 1.165) is 32.1 Å². The number of esters is 2. The second kappa shape index (κ2) is 85.4. The zero-order valence-corrected chi connectivity index (χ0v) is 67.7. The van der Waals surface area contributed by atoms with E-state index in [2.05, 4.69) is 38.2 Å². The van der Waals surface area contributed by atoms with Crippen molar-refractivity contribution in [3.05, 3.63) is 24.3 Å². The highest BCUT2D eigenvalue weighted by Crippen LogP contribution is 2.43. The third-order valence-corrected chi connectivity index (χ3v) is 21.8. The average Bonchev–Trinajstić information content (AvgIpc) is 1.19. The van der Waals surface area contributed by atoms with Crippen LogP contribution in [0, 0.1) is 0 Å². The van der Waals surface area contributed by atoms with Crippen molar-refractivity contribution in [2.75, 3.05) is 26.4 Å². The zero-order valence-electron chi connectivity index (χ0n) is 66.8. The Morgan fingerprint density at radius 3 is 0.717 bits per heavy atom. The molecule has 99 heavy (non-hydrogen) atoms. The Morgan fingerprint density at radius 1 is 0.293 bits per heavy atom. The van der Waals surface area contributed by atoms with Crippen LogP contribution in [0.15, 0.2) is 24.3 Å². The first-order chi connectivity index (χ1) is 48.8. The summed E-state index contributed by atoms with van der Waals surface area (Å²) in [5.41, 5.74) is 5.43. The molecular weight excluding hydrogens is 1240 g/mol. The van der Waals surface area contributed by atoms with E-state index in [1.165, 1.54) is 437 Å². The average molecular weight is 1420 g/mol. The highest BCUT2D eigenvalue weighted by Gasteiger charge is 2.26. The van der Waals surface area contributed by atoms with Crippen molar-refractivity contribution in [2.24, 2.45) is 5.73 Å². The first-order valence-electron chi connectivity index (χ1n) is 44.8. The Balaban J connectivity index is 3.68. The van der Waals surface area contributed by atoms with Crippen LogP contribution in [0.3, 0.4) is 0 Å². The van der Waals surface area contributed by atoms with E-state index < -0.39 is 26.5 Å². The lowest BCUT2D eigenvalue weighted by Gasteiger charge is -2.19. The number of carbonyl (C=O) groups excluding carboxylic acids is 2. The molecule has 588 valence electrons. The van der Waals surface area contributed by atoms with Crippen LogP contribution in [0.2, 0.25) is 0 Å². The van der Waals surface area contributed by atoms with Crippen molar-refractivity contribution in [1.82, 2.24) is 0 Å². The first-order valence-corrected chi connectivity index (χ1v) is 46.3. The van der Waals surface area contributed by atoms with Crippen LogP contribution in [0.1, 0.15) is 502 Å². The topological polar surface area (TPSA) is 134 Å². The molecule has 0 spiro atoms. The van der Waals surface area contributed by atoms with E-state index in [1.807, 2.05) is 0 Å². The fraction of sp³-hybridized carbons (Fsp3) is 0.933. The molecule has 0 aliphatic rings. The summed E-state index contributed by atoms with van der Waals surface area (Å²) in [7, 11) is -4.39. The lowest BCUT2D eigenvalue weighted by molar-refractivity contribution is -0.161. The molecule has 0 amide bonds. The summed E-state index contributed by atoms with van der Waals surface area (Å²) in [6, 6.07) is 0. The van der Waals surface area contributed by atoms with Gasteiger partial charge in [-0.3, -0.25) is 18.6 Å². The van der Waals surface area contributed by atoms with Crippen LogP contribution in [-0.4, -0.2) is 49.3 Å². The lowest BCUT2D eigenvalue weighted by atomic mass is 10.0. The van der Waals surface area contributed by atoms with Crippen molar-refractivity contribution in [3.8, 4) is 0 Å². The summed E-state index contributed by atoms with van der Waals surface area (Å²) in [6.07, 6.45) is 110. The fourth-order valence-corrected chi connectivity index (χ4v) is 14.9. The molecule has 0 saturated heterocycles. The molecule has 10 heteroatoms.